The quantitative estimate of drug-likeness (QED) is 0.833. The molecular weight excluding hydrogens is 202 g/mol. The van der Waals surface area contributed by atoms with Gasteiger partial charge in [-0.15, -0.1) is 0 Å². The van der Waals surface area contributed by atoms with E-state index in [4.69, 9.17) is 9.47 Å². The average molecular weight is 221 g/mol. The van der Waals surface area contributed by atoms with Crippen LogP contribution in [0.1, 0.15) is 25.3 Å². The van der Waals surface area contributed by atoms with Gasteiger partial charge >= 0.3 is 0 Å². The molecule has 1 aromatic rings. The SMILES string of the molecule is COc1cc2c(cc1OC)C(C)C(C)CN2. The molecule has 1 aliphatic heterocycles. The molecule has 0 saturated carbocycles. The molecule has 0 bridgehead atoms. The Morgan fingerprint density at radius 3 is 2.38 bits per heavy atom. The first kappa shape index (κ1) is 11.1. The third kappa shape index (κ3) is 1.70. The second kappa shape index (κ2) is 4.24. The summed E-state index contributed by atoms with van der Waals surface area (Å²) in [7, 11) is 3.34. The fourth-order valence-electron chi connectivity index (χ4n) is 2.18. The number of rotatable bonds is 2. The Bertz CT molecular complexity index is 390. The zero-order valence-electron chi connectivity index (χ0n) is 10.3. The van der Waals surface area contributed by atoms with Crippen molar-refractivity contribution in [2.24, 2.45) is 5.92 Å². The van der Waals surface area contributed by atoms with Crippen LogP contribution in [-0.2, 0) is 0 Å². The van der Waals surface area contributed by atoms with Gasteiger partial charge in [-0.3, -0.25) is 0 Å². The maximum absolute atomic E-state index is 5.33. The van der Waals surface area contributed by atoms with Crippen molar-refractivity contribution in [1.82, 2.24) is 0 Å². The van der Waals surface area contributed by atoms with Crippen molar-refractivity contribution in [1.29, 1.82) is 0 Å². The highest BCUT2D eigenvalue weighted by molar-refractivity contribution is 5.63. The fourth-order valence-corrected chi connectivity index (χ4v) is 2.18. The van der Waals surface area contributed by atoms with E-state index in [2.05, 4.69) is 25.2 Å². The molecule has 1 aliphatic rings. The van der Waals surface area contributed by atoms with Gasteiger partial charge in [0.05, 0.1) is 14.2 Å². The Kier molecular flexibility index (Phi) is 2.95. The van der Waals surface area contributed by atoms with Crippen LogP contribution >= 0.6 is 0 Å². The van der Waals surface area contributed by atoms with E-state index < -0.39 is 0 Å². The molecule has 3 heteroatoms. The molecule has 0 amide bonds. The lowest BCUT2D eigenvalue weighted by atomic mass is 9.84. The summed E-state index contributed by atoms with van der Waals surface area (Å²) in [4.78, 5) is 0. The lowest BCUT2D eigenvalue weighted by molar-refractivity contribution is 0.353. The van der Waals surface area contributed by atoms with Crippen molar-refractivity contribution in [3.8, 4) is 11.5 Å². The number of nitrogens with one attached hydrogen (secondary N) is 1. The summed E-state index contributed by atoms with van der Waals surface area (Å²) in [5.74, 6) is 2.79. The molecule has 0 spiro atoms. The van der Waals surface area contributed by atoms with Crippen molar-refractivity contribution >= 4 is 5.69 Å². The minimum Gasteiger partial charge on any atom is -0.493 e. The normalized spacial score (nSPS) is 23.2. The van der Waals surface area contributed by atoms with Crippen LogP contribution in [-0.4, -0.2) is 20.8 Å². The summed E-state index contributed by atoms with van der Waals surface area (Å²) in [6, 6.07) is 4.11. The van der Waals surface area contributed by atoms with Crippen LogP contribution in [0.3, 0.4) is 0 Å². The molecule has 16 heavy (non-hydrogen) atoms. The van der Waals surface area contributed by atoms with Crippen molar-refractivity contribution in [3.63, 3.8) is 0 Å². The zero-order valence-corrected chi connectivity index (χ0v) is 10.3. The Balaban J connectivity index is 2.48. The van der Waals surface area contributed by atoms with E-state index >= 15 is 0 Å². The van der Waals surface area contributed by atoms with Crippen molar-refractivity contribution in [2.75, 3.05) is 26.1 Å². The van der Waals surface area contributed by atoms with Crippen LogP contribution in [0.5, 0.6) is 11.5 Å². The summed E-state index contributed by atoms with van der Waals surface area (Å²) in [5.41, 5.74) is 2.49. The summed E-state index contributed by atoms with van der Waals surface area (Å²) >= 11 is 0. The van der Waals surface area contributed by atoms with Crippen LogP contribution in [0.25, 0.3) is 0 Å². The predicted octanol–water partition coefficient (Wildman–Crippen LogP) is 2.87. The molecule has 0 radical (unpaired) electrons. The Morgan fingerprint density at radius 2 is 1.75 bits per heavy atom. The minimum absolute atomic E-state index is 0.552. The van der Waals surface area contributed by atoms with Gasteiger partial charge in [-0.1, -0.05) is 13.8 Å². The molecule has 1 aromatic carbocycles. The standard InChI is InChI=1S/C13H19NO2/c1-8-7-14-11-6-13(16-4)12(15-3)5-10(11)9(8)2/h5-6,8-9,14H,7H2,1-4H3. The number of methoxy groups -OCH3 is 2. The molecule has 88 valence electrons. The second-order valence-electron chi connectivity index (χ2n) is 4.44. The monoisotopic (exact) mass is 221 g/mol. The van der Waals surface area contributed by atoms with E-state index in [0.29, 0.717) is 11.8 Å². The largest absolute Gasteiger partial charge is 0.493 e. The van der Waals surface area contributed by atoms with Crippen LogP contribution in [0.15, 0.2) is 12.1 Å². The highest BCUT2D eigenvalue weighted by Crippen LogP contribution is 2.41. The molecular formula is C13H19NO2. The van der Waals surface area contributed by atoms with E-state index in [1.54, 1.807) is 14.2 Å². The van der Waals surface area contributed by atoms with Crippen LogP contribution < -0.4 is 14.8 Å². The molecule has 2 unspecified atom stereocenters. The zero-order chi connectivity index (χ0) is 11.7. The smallest absolute Gasteiger partial charge is 0.162 e. The van der Waals surface area contributed by atoms with Crippen LogP contribution in [0.4, 0.5) is 5.69 Å². The highest BCUT2D eigenvalue weighted by Gasteiger charge is 2.24. The highest BCUT2D eigenvalue weighted by atomic mass is 16.5. The van der Waals surface area contributed by atoms with Crippen LogP contribution in [0, 0.1) is 5.92 Å². The van der Waals surface area contributed by atoms with Gasteiger partial charge in [-0.05, 0) is 23.5 Å². The number of hydrogen-bond acceptors (Lipinski definition) is 3. The number of ether oxygens (including phenoxy) is 2. The average Bonchev–Trinajstić information content (AvgIpc) is 2.32. The minimum atomic E-state index is 0.552. The molecule has 2 rings (SSSR count). The Hall–Kier alpha value is -1.38. The Morgan fingerprint density at radius 1 is 1.12 bits per heavy atom. The van der Waals surface area contributed by atoms with E-state index in [1.165, 1.54) is 11.3 Å². The molecule has 0 aromatic heterocycles. The predicted molar refractivity (Wildman–Crippen MR) is 65.6 cm³/mol. The summed E-state index contributed by atoms with van der Waals surface area (Å²) < 4.78 is 10.6. The first-order valence-electron chi connectivity index (χ1n) is 5.67. The van der Waals surface area contributed by atoms with E-state index in [0.717, 1.165) is 18.0 Å². The van der Waals surface area contributed by atoms with E-state index in [1.807, 2.05) is 6.07 Å². The van der Waals surface area contributed by atoms with Gasteiger partial charge < -0.3 is 14.8 Å². The molecule has 2 atom stereocenters. The Labute approximate surface area is 96.8 Å². The van der Waals surface area contributed by atoms with Gasteiger partial charge in [-0.25, -0.2) is 0 Å². The lowest BCUT2D eigenvalue weighted by Gasteiger charge is -2.30. The van der Waals surface area contributed by atoms with Crippen molar-refractivity contribution in [3.05, 3.63) is 17.7 Å². The van der Waals surface area contributed by atoms with Gasteiger partial charge in [0.2, 0.25) is 0 Å². The topological polar surface area (TPSA) is 30.5 Å². The summed E-state index contributed by atoms with van der Waals surface area (Å²) in [6.07, 6.45) is 0. The number of anilines is 1. The molecule has 1 heterocycles. The maximum atomic E-state index is 5.33. The fraction of sp³-hybridized carbons (Fsp3) is 0.538. The lowest BCUT2D eigenvalue weighted by Crippen LogP contribution is -2.24. The maximum Gasteiger partial charge on any atom is 0.162 e. The number of hydrogen-bond donors (Lipinski definition) is 1. The van der Waals surface area contributed by atoms with Gasteiger partial charge in [-0.2, -0.15) is 0 Å². The second-order valence-corrected chi connectivity index (χ2v) is 4.44. The van der Waals surface area contributed by atoms with E-state index in [9.17, 15) is 0 Å². The van der Waals surface area contributed by atoms with Crippen molar-refractivity contribution in [2.45, 2.75) is 19.8 Å². The third-order valence-electron chi connectivity index (χ3n) is 3.51. The van der Waals surface area contributed by atoms with E-state index in [-0.39, 0.29) is 0 Å². The number of benzene rings is 1. The van der Waals surface area contributed by atoms with Gasteiger partial charge in [0, 0.05) is 18.3 Å². The summed E-state index contributed by atoms with van der Waals surface area (Å²) in [5, 5.41) is 3.43. The molecule has 0 aliphatic carbocycles. The molecule has 3 nitrogen and oxygen atoms in total. The third-order valence-corrected chi connectivity index (χ3v) is 3.51. The van der Waals surface area contributed by atoms with Crippen molar-refractivity contribution < 1.29 is 9.47 Å². The first-order valence-corrected chi connectivity index (χ1v) is 5.67. The number of fused-ring (bicyclic) bond motifs is 1. The molecule has 0 fully saturated rings. The molecule has 1 N–H and O–H groups in total. The first-order chi connectivity index (χ1) is 7.67. The van der Waals surface area contributed by atoms with Gasteiger partial charge in [0.25, 0.3) is 0 Å². The molecule has 0 saturated heterocycles. The van der Waals surface area contributed by atoms with Gasteiger partial charge in [0.15, 0.2) is 11.5 Å². The van der Waals surface area contributed by atoms with Gasteiger partial charge in [0.1, 0.15) is 0 Å². The summed E-state index contributed by atoms with van der Waals surface area (Å²) in [6.45, 7) is 5.54. The van der Waals surface area contributed by atoms with Crippen LogP contribution in [0.2, 0.25) is 0 Å².